The molecule has 0 aromatic heterocycles. The fourth-order valence-electron chi connectivity index (χ4n) is 1.91. The molecule has 1 amide bonds. The second-order valence-electron chi connectivity index (χ2n) is 4.72. The van der Waals surface area contributed by atoms with Crippen molar-refractivity contribution in [1.82, 2.24) is 5.32 Å². The molecule has 0 saturated heterocycles. The molecule has 0 radical (unpaired) electrons. The van der Waals surface area contributed by atoms with Crippen LogP contribution in [0.15, 0.2) is 24.3 Å². The van der Waals surface area contributed by atoms with Gasteiger partial charge in [-0.3, -0.25) is 4.79 Å². The summed E-state index contributed by atoms with van der Waals surface area (Å²) >= 11 is 0. The summed E-state index contributed by atoms with van der Waals surface area (Å²) in [6.45, 7) is 6.12. The van der Waals surface area contributed by atoms with Crippen LogP contribution < -0.4 is 10.1 Å². The van der Waals surface area contributed by atoms with Gasteiger partial charge in [-0.1, -0.05) is 19.1 Å². The number of hydrogen-bond donors (Lipinski definition) is 1. The van der Waals surface area contributed by atoms with Gasteiger partial charge in [-0.05, 0) is 43.9 Å². The van der Waals surface area contributed by atoms with Crippen LogP contribution in [0.1, 0.15) is 45.1 Å². The first kappa shape index (κ1) is 14.6. The van der Waals surface area contributed by atoms with Crippen LogP contribution in [-0.4, -0.2) is 19.1 Å². The van der Waals surface area contributed by atoms with Gasteiger partial charge in [-0.2, -0.15) is 0 Å². The molecule has 0 aliphatic rings. The summed E-state index contributed by atoms with van der Waals surface area (Å²) in [4.78, 5) is 11.4. The minimum atomic E-state index is 0.0874. The topological polar surface area (TPSA) is 38.3 Å². The second-order valence-corrected chi connectivity index (χ2v) is 4.72. The van der Waals surface area contributed by atoms with Gasteiger partial charge >= 0.3 is 0 Å². The van der Waals surface area contributed by atoms with Crippen LogP contribution >= 0.6 is 0 Å². The van der Waals surface area contributed by atoms with E-state index in [2.05, 4.69) is 24.4 Å². The van der Waals surface area contributed by atoms with Crippen molar-refractivity contribution >= 4 is 5.91 Å². The Labute approximate surface area is 110 Å². The molecule has 0 spiro atoms. The van der Waals surface area contributed by atoms with Crippen molar-refractivity contribution in [1.29, 1.82) is 0 Å². The van der Waals surface area contributed by atoms with Gasteiger partial charge in [0.25, 0.3) is 0 Å². The first-order valence-corrected chi connectivity index (χ1v) is 6.54. The molecule has 100 valence electrons. The summed E-state index contributed by atoms with van der Waals surface area (Å²) in [5.74, 6) is 1.24. The third kappa shape index (κ3) is 4.40. The third-order valence-electron chi connectivity index (χ3n) is 2.93. The molecular weight excluding hydrogens is 226 g/mol. The normalized spacial score (nSPS) is 12.3. The zero-order chi connectivity index (χ0) is 13.5. The quantitative estimate of drug-likeness (QED) is 0.841. The lowest BCUT2D eigenvalue weighted by atomic mass is 9.93. The molecule has 3 heteroatoms. The van der Waals surface area contributed by atoms with E-state index in [0.717, 1.165) is 12.2 Å². The van der Waals surface area contributed by atoms with Gasteiger partial charge in [0, 0.05) is 13.5 Å². The number of carbonyl (C=O) groups is 1. The number of hydrogen-bond acceptors (Lipinski definition) is 2. The summed E-state index contributed by atoms with van der Waals surface area (Å²) in [7, 11) is 1.68. The molecule has 0 aliphatic carbocycles. The van der Waals surface area contributed by atoms with E-state index in [1.165, 1.54) is 5.56 Å². The van der Waals surface area contributed by atoms with E-state index < -0.39 is 0 Å². The van der Waals surface area contributed by atoms with Gasteiger partial charge < -0.3 is 10.1 Å². The summed E-state index contributed by atoms with van der Waals surface area (Å²) in [6.07, 6.45) is 1.68. The predicted molar refractivity (Wildman–Crippen MR) is 73.9 cm³/mol. The highest BCUT2D eigenvalue weighted by atomic mass is 16.5. The minimum absolute atomic E-state index is 0.0874. The monoisotopic (exact) mass is 249 g/mol. The zero-order valence-electron chi connectivity index (χ0n) is 11.7. The molecule has 0 heterocycles. The SMILES string of the molecule is CCC(CC(=O)NC)c1ccc(OC(C)C)cc1. The molecule has 0 fully saturated rings. The van der Waals surface area contributed by atoms with Crippen molar-refractivity contribution in [3.8, 4) is 5.75 Å². The molecular formula is C15H23NO2. The van der Waals surface area contributed by atoms with E-state index in [9.17, 15) is 4.79 Å². The van der Waals surface area contributed by atoms with Crippen molar-refractivity contribution in [3.05, 3.63) is 29.8 Å². The molecule has 0 bridgehead atoms. The molecule has 1 unspecified atom stereocenters. The molecule has 18 heavy (non-hydrogen) atoms. The van der Waals surface area contributed by atoms with Crippen molar-refractivity contribution in [3.63, 3.8) is 0 Å². The molecule has 0 saturated carbocycles. The highest BCUT2D eigenvalue weighted by Crippen LogP contribution is 2.25. The van der Waals surface area contributed by atoms with Crippen LogP contribution in [0.5, 0.6) is 5.75 Å². The molecule has 0 aliphatic heterocycles. The van der Waals surface area contributed by atoms with Crippen molar-refractivity contribution < 1.29 is 9.53 Å². The standard InChI is InChI=1S/C15H23NO2/c1-5-12(10-15(17)16-4)13-6-8-14(9-7-13)18-11(2)3/h6-9,11-12H,5,10H2,1-4H3,(H,16,17). The molecule has 1 aromatic rings. The first-order chi connectivity index (χ1) is 8.56. The third-order valence-corrected chi connectivity index (χ3v) is 2.93. The largest absolute Gasteiger partial charge is 0.491 e. The molecule has 1 rings (SSSR count). The maximum Gasteiger partial charge on any atom is 0.220 e. The van der Waals surface area contributed by atoms with E-state index in [1.807, 2.05) is 26.0 Å². The van der Waals surface area contributed by atoms with Crippen LogP contribution in [0, 0.1) is 0 Å². The Morgan fingerprint density at radius 3 is 2.33 bits per heavy atom. The molecule has 1 aromatic carbocycles. The van der Waals surface area contributed by atoms with E-state index in [1.54, 1.807) is 7.05 Å². The van der Waals surface area contributed by atoms with Crippen LogP contribution in [0.3, 0.4) is 0 Å². The second kappa shape index (κ2) is 7.04. The van der Waals surface area contributed by atoms with Gasteiger partial charge in [0.1, 0.15) is 5.75 Å². The van der Waals surface area contributed by atoms with Crippen molar-refractivity contribution in [2.45, 2.75) is 45.6 Å². The maximum atomic E-state index is 11.4. The van der Waals surface area contributed by atoms with Gasteiger partial charge in [0.05, 0.1) is 6.10 Å². The summed E-state index contributed by atoms with van der Waals surface area (Å²) in [5, 5.41) is 2.67. The average molecular weight is 249 g/mol. The summed E-state index contributed by atoms with van der Waals surface area (Å²) < 4.78 is 5.61. The number of rotatable bonds is 6. The summed E-state index contributed by atoms with van der Waals surface area (Å²) in [6, 6.07) is 8.05. The maximum absolute atomic E-state index is 11.4. The molecule has 1 N–H and O–H groups in total. The number of nitrogens with one attached hydrogen (secondary N) is 1. The minimum Gasteiger partial charge on any atom is -0.491 e. The van der Waals surface area contributed by atoms with Gasteiger partial charge in [0.2, 0.25) is 5.91 Å². The molecule has 3 nitrogen and oxygen atoms in total. The Morgan fingerprint density at radius 1 is 1.28 bits per heavy atom. The first-order valence-electron chi connectivity index (χ1n) is 6.54. The Bertz CT molecular complexity index is 371. The van der Waals surface area contributed by atoms with Crippen molar-refractivity contribution in [2.24, 2.45) is 0 Å². The van der Waals surface area contributed by atoms with E-state index in [0.29, 0.717) is 6.42 Å². The Hall–Kier alpha value is -1.51. The van der Waals surface area contributed by atoms with Crippen LogP contribution in [0.25, 0.3) is 0 Å². The van der Waals surface area contributed by atoms with Crippen LogP contribution in [0.4, 0.5) is 0 Å². The lowest BCUT2D eigenvalue weighted by Crippen LogP contribution is -2.20. The van der Waals surface area contributed by atoms with E-state index in [4.69, 9.17) is 4.74 Å². The number of ether oxygens (including phenoxy) is 1. The molecule has 1 atom stereocenters. The highest BCUT2D eigenvalue weighted by molar-refractivity contribution is 5.76. The lowest BCUT2D eigenvalue weighted by Gasteiger charge is -2.15. The Morgan fingerprint density at radius 2 is 1.89 bits per heavy atom. The fourth-order valence-corrected chi connectivity index (χ4v) is 1.91. The Kier molecular flexibility index (Phi) is 5.69. The number of carbonyl (C=O) groups excluding carboxylic acids is 1. The smallest absolute Gasteiger partial charge is 0.220 e. The number of amides is 1. The van der Waals surface area contributed by atoms with Gasteiger partial charge in [0.15, 0.2) is 0 Å². The van der Waals surface area contributed by atoms with Crippen LogP contribution in [-0.2, 0) is 4.79 Å². The number of benzene rings is 1. The zero-order valence-corrected chi connectivity index (χ0v) is 11.7. The van der Waals surface area contributed by atoms with Crippen LogP contribution in [0.2, 0.25) is 0 Å². The fraction of sp³-hybridized carbons (Fsp3) is 0.533. The average Bonchev–Trinajstić information content (AvgIpc) is 2.36. The Balaban J connectivity index is 2.72. The van der Waals surface area contributed by atoms with E-state index in [-0.39, 0.29) is 17.9 Å². The van der Waals surface area contributed by atoms with Gasteiger partial charge in [-0.25, -0.2) is 0 Å². The van der Waals surface area contributed by atoms with Crippen molar-refractivity contribution in [2.75, 3.05) is 7.05 Å². The summed E-state index contributed by atoms with van der Waals surface area (Å²) in [5.41, 5.74) is 1.19. The van der Waals surface area contributed by atoms with Gasteiger partial charge in [-0.15, -0.1) is 0 Å². The van der Waals surface area contributed by atoms with E-state index >= 15 is 0 Å². The predicted octanol–water partition coefficient (Wildman–Crippen LogP) is 3.10. The highest BCUT2D eigenvalue weighted by Gasteiger charge is 2.13. The lowest BCUT2D eigenvalue weighted by molar-refractivity contribution is -0.121.